The molecule has 1 saturated carbocycles. The Hall–Kier alpha value is -3.92. The molecule has 43 heavy (non-hydrogen) atoms. The van der Waals surface area contributed by atoms with E-state index in [1.807, 2.05) is 6.20 Å². The quantitative estimate of drug-likeness (QED) is 0.389. The van der Waals surface area contributed by atoms with Crippen molar-refractivity contribution in [2.24, 2.45) is 5.92 Å². The Morgan fingerprint density at radius 2 is 1.81 bits per heavy atom. The molecule has 2 aliphatic heterocycles. The molecule has 2 aromatic carbocycles. The molecule has 1 aliphatic carbocycles. The molecular weight excluding hydrogens is 547 g/mol. The fourth-order valence-electron chi connectivity index (χ4n) is 6.16. The number of hydrogen-bond acceptors (Lipinski definition) is 6. The van der Waals surface area contributed by atoms with Gasteiger partial charge >= 0.3 is 0 Å². The lowest BCUT2D eigenvalue weighted by atomic mass is 9.95. The van der Waals surface area contributed by atoms with E-state index in [4.69, 9.17) is 4.74 Å². The normalized spacial score (nSPS) is 19.3. The summed E-state index contributed by atoms with van der Waals surface area (Å²) in [7, 11) is 0. The minimum Gasteiger partial charge on any atom is -0.475 e. The van der Waals surface area contributed by atoms with Crippen LogP contribution in [0.2, 0.25) is 0 Å². The molecule has 2 N–H and O–H groups in total. The summed E-state index contributed by atoms with van der Waals surface area (Å²) in [5.74, 6) is -0.558. The Bertz CT molecular complexity index is 1420. The van der Waals surface area contributed by atoms with Gasteiger partial charge in [-0.2, -0.15) is 5.10 Å². The van der Waals surface area contributed by atoms with Crippen LogP contribution in [0, 0.1) is 11.7 Å². The van der Waals surface area contributed by atoms with Crippen molar-refractivity contribution in [3.05, 3.63) is 66.2 Å². The molecule has 3 aliphatic rings. The number of carbonyl (C=O) groups is 2. The van der Waals surface area contributed by atoms with E-state index in [0.717, 1.165) is 67.7 Å². The average molecular weight is 589 g/mol. The first-order valence-corrected chi connectivity index (χ1v) is 15.4. The molecule has 3 aromatic rings. The number of aromatic amines is 1. The Labute approximate surface area is 252 Å². The van der Waals surface area contributed by atoms with Gasteiger partial charge in [-0.05, 0) is 62.8 Å². The topological polar surface area (TPSA) is 93.8 Å². The van der Waals surface area contributed by atoms with Gasteiger partial charge in [-0.15, -0.1) is 0 Å². The van der Waals surface area contributed by atoms with Crippen molar-refractivity contribution in [3.8, 4) is 16.9 Å². The summed E-state index contributed by atoms with van der Waals surface area (Å²) in [6.45, 7) is 7.99. The van der Waals surface area contributed by atoms with Crippen molar-refractivity contribution in [2.75, 3.05) is 44.2 Å². The lowest BCUT2D eigenvalue weighted by Gasteiger charge is -2.37. The molecule has 3 fully saturated rings. The van der Waals surface area contributed by atoms with E-state index in [1.165, 1.54) is 6.07 Å². The molecular formula is C33H41FN6O3. The maximum absolute atomic E-state index is 14.9. The smallest absolute Gasteiger partial charge is 0.266 e. The number of carbonyl (C=O) groups excluding carboxylic acids is 2. The van der Waals surface area contributed by atoms with Crippen LogP contribution >= 0.6 is 0 Å². The summed E-state index contributed by atoms with van der Waals surface area (Å²) in [6.07, 6.45) is 7.44. The van der Waals surface area contributed by atoms with Crippen molar-refractivity contribution >= 4 is 17.5 Å². The number of benzene rings is 2. The molecule has 0 unspecified atom stereocenters. The summed E-state index contributed by atoms with van der Waals surface area (Å²) >= 11 is 0. The highest BCUT2D eigenvalue weighted by Gasteiger charge is 2.38. The second-order valence-corrected chi connectivity index (χ2v) is 12.4. The van der Waals surface area contributed by atoms with Gasteiger partial charge in [0.15, 0.2) is 17.2 Å². The van der Waals surface area contributed by atoms with E-state index in [-0.39, 0.29) is 29.5 Å². The maximum Gasteiger partial charge on any atom is 0.266 e. The van der Waals surface area contributed by atoms with Gasteiger partial charge in [-0.3, -0.25) is 14.7 Å². The number of anilines is 1. The Morgan fingerprint density at radius 3 is 2.51 bits per heavy atom. The number of piperidine rings is 1. The number of hydrogen-bond donors (Lipinski definition) is 2. The van der Waals surface area contributed by atoms with Crippen LogP contribution in [0.5, 0.6) is 5.75 Å². The molecule has 3 heterocycles. The summed E-state index contributed by atoms with van der Waals surface area (Å²) in [4.78, 5) is 33.0. The molecule has 228 valence electrons. The third-order valence-corrected chi connectivity index (χ3v) is 8.74. The summed E-state index contributed by atoms with van der Waals surface area (Å²) in [6, 6.07) is 13.4. The first-order chi connectivity index (χ1) is 20.8. The zero-order valence-electron chi connectivity index (χ0n) is 25.0. The molecule has 2 amide bonds. The zero-order chi connectivity index (χ0) is 30.0. The predicted molar refractivity (Wildman–Crippen MR) is 163 cm³/mol. The molecule has 0 radical (unpaired) electrons. The number of rotatable bonds is 9. The molecule has 6 rings (SSSR count). The lowest BCUT2D eigenvalue weighted by Crippen LogP contribution is -2.54. The monoisotopic (exact) mass is 588 g/mol. The second kappa shape index (κ2) is 12.4. The average Bonchev–Trinajstić information content (AvgIpc) is 3.73. The van der Waals surface area contributed by atoms with Crippen LogP contribution in [0.1, 0.15) is 45.1 Å². The molecule has 9 nitrogen and oxygen atoms in total. The summed E-state index contributed by atoms with van der Waals surface area (Å²) in [5, 5.41) is 10.1. The van der Waals surface area contributed by atoms with Crippen molar-refractivity contribution in [2.45, 2.75) is 57.7 Å². The SMILES string of the molecule is CC(C)(Oc1cc(N2CCC[C@@H](C(=O)N(Cc3ccc(-c4cn[nH]c4)cc3)C3CC3)C2)ccc1F)C(=O)N1CCNCC1. The number of nitrogens with one attached hydrogen (secondary N) is 2. The van der Waals surface area contributed by atoms with Crippen molar-refractivity contribution in [1.82, 2.24) is 25.3 Å². The van der Waals surface area contributed by atoms with Crippen LogP contribution in [-0.4, -0.2) is 82.7 Å². The second-order valence-electron chi connectivity index (χ2n) is 12.4. The summed E-state index contributed by atoms with van der Waals surface area (Å²) < 4.78 is 21.0. The number of H-pyrrole nitrogens is 1. The lowest BCUT2D eigenvalue weighted by molar-refractivity contribution is -0.146. The third kappa shape index (κ3) is 6.69. The van der Waals surface area contributed by atoms with Crippen LogP contribution < -0.4 is 15.0 Å². The third-order valence-electron chi connectivity index (χ3n) is 8.74. The van der Waals surface area contributed by atoms with Crippen LogP contribution in [0.3, 0.4) is 0 Å². The van der Waals surface area contributed by atoms with Crippen LogP contribution in [-0.2, 0) is 16.1 Å². The molecule has 0 bridgehead atoms. The van der Waals surface area contributed by atoms with Gasteiger partial charge < -0.3 is 24.8 Å². The van der Waals surface area contributed by atoms with E-state index in [2.05, 4.69) is 49.6 Å². The highest BCUT2D eigenvalue weighted by atomic mass is 19.1. The van der Waals surface area contributed by atoms with E-state index >= 15 is 0 Å². The minimum atomic E-state index is -1.21. The largest absolute Gasteiger partial charge is 0.475 e. The molecule has 1 atom stereocenters. The molecule has 10 heteroatoms. The number of aromatic nitrogens is 2. The highest BCUT2D eigenvalue weighted by molar-refractivity contribution is 5.85. The number of piperazine rings is 1. The number of ether oxygens (including phenoxy) is 1. The van der Waals surface area contributed by atoms with Gasteiger partial charge in [0, 0.05) is 75.4 Å². The van der Waals surface area contributed by atoms with Gasteiger partial charge in [-0.1, -0.05) is 24.3 Å². The maximum atomic E-state index is 14.9. The number of halogens is 1. The van der Waals surface area contributed by atoms with E-state index < -0.39 is 11.4 Å². The van der Waals surface area contributed by atoms with Crippen molar-refractivity contribution < 1.29 is 18.7 Å². The van der Waals surface area contributed by atoms with Crippen LogP contribution in [0.25, 0.3) is 11.1 Å². The van der Waals surface area contributed by atoms with Gasteiger partial charge in [0.2, 0.25) is 5.91 Å². The van der Waals surface area contributed by atoms with Gasteiger partial charge in [0.1, 0.15) is 0 Å². The van der Waals surface area contributed by atoms with Crippen molar-refractivity contribution in [3.63, 3.8) is 0 Å². The standard InChI is InChI=1S/C33H41FN6O3/c1-33(2,32(42)38-16-13-35-14-17-38)43-30-18-28(11-12-29(30)34)39-15-3-4-25(22-39)31(41)40(27-9-10-27)21-23-5-7-24(8-6-23)26-19-36-37-20-26/h5-8,11-12,18-20,25,27,35H,3-4,9-10,13-17,21-22H2,1-2H3,(H,36,37)/t25-/m1/s1. The first-order valence-electron chi connectivity index (χ1n) is 15.4. The number of nitrogens with zero attached hydrogens (tertiary/aromatic N) is 4. The Kier molecular flexibility index (Phi) is 8.38. The van der Waals surface area contributed by atoms with Crippen LogP contribution in [0.15, 0.2) is 54.9 Å². The Morgan fingerprint density at radius 1 is 1.05 bits per heavy atom. The van der Waals surface area contributed by atoms with Gasteiger partial charge in [-0.25, -0.2) is 4.39 Å². The molecule has 2 saturated heterocycles. The fraction of sp³-hybridized carbons (Fsp3) is 0.485. The molecule has 1 aromatic heterocycles. The van der Waals surface area contributed by atoms with Crippen LogP contribution in [0.4, 0.5) is 10.1 Å². The summed E-state index contributed by atoms with van der Waals surface area (Å²) in [5.41, 5.74) is 2.82. The minimum absolute atomic E-state index is 0.0536. The van der Waals surface area contributed by atoms with Gasteiger partial charge in [0.05, 0.1) is 12.1 Å². The van der Waals surface area contributed by atoms with E-state index in [0.29, 0.717) is 26.2 Å². The molecule has 0 spiro atoms. The Balaban J connectivity index is 1.12. The van der Waals surface area contributed by atoms with E-state index in [9.17, 15) is 14.0 Å². The first kappa shape index (κ1) is 29.2. The van der Waals surface area contributed by atoms with Gasteiger partial charge in [0.25, 0.3) is 5.91 Å². The highest BCUT2D eigenvalue weighted by Crippen LogP contribution is 2.34. The predicted octanol–water partition coefficient (Wildman–Crippen LogP) is 4.21. The fourth-order valence-corrected chi connectivity index (χ4v) is 6.16. The number of amides is 2. The zero-order valence-corrected chi connectivity index (χ0v) is 25.0. The van der Waals surface area contributed by atoms with E-state index in [1.54, 1.807) is 37.1 Å². The van der Waals surface area contributed by atoms with Crippen molar-refractivity contribution in [1.29, 1.82) is 0 Å².